The van der Waals surface area contributed by atoms with E-state index in [1.165, 1.54) is 26.4 Å². The normalized spacial score (nSPS) is 11.5. The molecule has 2 rings (SSSR count). The molecule has 1 heterocycles. The third-order valence-electron chi connectivity index (χ3n) is 2.97. The lowest BCUT2D eigenvalue weighted by Crippen LogP contribution is -2.09. The Labute approximate surface area is 128 Å². The summed E-state index contributed by atoms with van der Waals surface area (Å²) in [7, 11) is 2.54. The first-order valence-electron chi connectivity index (χ1n) is 6.07. The Morgan fingerprint density at radius 3 is 2.50 bits per heavy atom. The maximum atomic E-state index is 12.8. The molecule has 2 aromatic rings. The van der Waals surface area contributed by atoms with Crippen molar-refractivity contribution in [1.29, 1.82) is 0 Å². The summed E-state index contributed by atoms with van der Waals surface area (Å²) in [6, 6.07) is 3.66. The van der Waals surface area contributed by atoms with Gasteiger partial charge in [-0.15, -0.1) is 0 Å². The molecule has 4 nitrogen and oxygen atoms in total. The molecule has 1 aromatic carbocycles. The predicted molar refractivity (Wildman–Crippen MR) is 74.0 cm³/mol. The number of nitrogens with zero attached hydrogens (tertiary/aromatic N) is 1. The average molecular weight is 334 g/mol. The second-order valence-corrected chi connectivity index (χ2v) is 4.84. The largest absolute Gasteiger partial charge is 0.494 e. The lowest BCUT2D eigenvalue weighted by molar-refractivity contribution is -0.141. The molecule has 0 aliphatic rings. The molecule has 0 fully saturated rings. The van der Waals surface area contributed by atoms with Gasteiger partial charge in [0.1, 0.15) is 17.0 Å². The lowest BCUT2D eigenvalue weighted by Gasteiger charge is -2.12. The van der Waals surface area contributed by atoms with E-state index in [-0.39, 0.29) is 28.1 Å². The fraction of sp³-hybridized carbons (Fsp3) is 0.286. The molecule has 0 N–H and O–H groups in total. The number of fused-ring (bicyclic) bond motifs is 1. The topological polar surface area (TPSA) is 48.4 Å². The van der Waals surface area contributed by atoms with Gasteiger partial charge in [0.2, 0.25) is 0 Å². The highest BCUT2D eigenvalue weighted by Gasteiger charge is 2.33. The van der Waals surface area contributed by atoms with Crippen LogP contribution in [0.3, 0.4) is 0 Å². The van der Waals surface area contributed by atoms with Gasteiger partial charge in [-0.3, -0.25) is 4.79 Å². The van der Waals surface area contributed by atoms with Crippen LogP contribution in [-0.4, -0.2) is 25.2 Å². The van der Waals surface area contributed by atoms with Gasteiger partial charge in [0.25, 0.3) is 0 Å². The molecule has 0 amide bonds. The van der Waals surface area contributed by atoms with E-state index in [0.29, 0.717) is 5.56 Å². The summed E-state index contributed by atoms with van der Waals surface area (Å²) in [5, 5.41) is 0.148. The first-order chi connectivity index (χ1) is 10.3. The number of pyridine rings is 1. The van der Waals surface area contributed by atoms with E-state index in [1.54, 1.807) is 0 Å². The molecule has 0 unspecified atom stereocenters. The third-order valence-corrected chi connectivity index (χ3v) is 3.29. The predicted octanol–water partition coefficient (Wildman–Crippen LogP) is 3.63. The second-order valence-electron chi connectivity index (χ2n) is 4.43. The molecule has 0 radical (unpaired) electrons. The quantitative estimate of drug-likeness (QED) is 0.805. The molecular weight excluding hydrogens is 323 g/mol. The minimum atomic E-state index is -4.62. The maximum absolute atomic E-state index is 12.8. The van der Waals surface area contributed by atoms with Crippen LogP contribution in [0.5, 0.6) is 5.75 Å². The van der Waals surface area contributed by atoms with Crippen LogP contribution in [0.1, 0.15) is 11.3 Å². The highest BCUT2D eigenvalue weighted by atomic mass is 35.5. The van der Waals surface area contributed by atoms with Crippen LogP contribution < -0.4 is 4.74 Å². The number of aromatic nitrogens is 1. The number of carbonyl (C=O) groups excluding carboxylic acids is 1. The first kappa shape index (κ1) is 16.4. The van der Waals surface area contributed by atoms with Gasteiger partial charge in [-0.2, -0.15) is 13.2 Å². The summed E-state index contributed by atoms with van der Waals surface area (Å²) >= 11 is 5.93. The van der Waals surface area contributed by atoms with Gasteiger partial charge in [-0.25, -0.2) is 4.98 Å². The highest BCUT2D eigenvalue weighted by molar-refractivity contribution is 6.35. The summed E-state index contributed by atoms with van der Waals surface area (Å²) in [5.41, 5.74) is -0.625. The summed E-state index contributed by atoms with van der Waals surface area (Å²) in [6.45, 7) is 0. The van der Waals surface area contributed by atoms with Crippen LogP contribution in [0.15, 0.2) is 18.2 Å². The van der Waals surface area contributed by atoms with Gasteiger partial charge >= 0.3 is 12.1 Å². The average Bonchev–Trinajstić information content (AvgIpc) is 2.45. The molecule has 0 atom stereocenters. The molecule has 22 heavy (non-hydrogen) atoms. The van der Waals surface area contributed by atoms with Crippen molar-refractivity contribution >= 4 is 28.5 Å². The molecule has 0 aliphatic carbocycles. The van der Waals surface area contributed by atoms with Crippen LogP contribution in [0.2, 0.25) is 5.02 Å². The number of halogens is 4. The van der Waals surface area contributed by atoms with Gasteiger partial charge in [0.15, 0.2) is 0 Å². The van der Waals surface area contributed by atoms with Crippen molar-refractivity contribution in [3.05, 3.63) is 34.5 Å². The standard InChI is InChI=1S/C14H11ClF3NO3/c1-21-10-4-7(5-12(20)22-2)3-8-9(15)6-11(14(16,17)18)19-13(8)10/h3-4,6H,5H2,1-2H3. The van der Waals surface area contributed by atoms with Crippen LogP contribution >= 0.6 is 11.6 Å². The highest BCUT2D eigenvalue weighted by Crippen LogP contribution is 2.36. The van der Waals surface area contributed by atoms with Gasteiger partial charge in [0, 0.05) is 5.39 Å². The number of esters is 1. The lowest BCUT2D eigenvalue weighted by atomic mass is 10.1. The number of benzene rings is 1. The summed E-state index contributed by atoms with van der Waals surface area (Å²) < 4.78 is 48.0. The zero-order valence-electron chi connectivity index (χ0n) is 11.6. The van der Waals surface area contributed by atoms with E-state index < -0.39 is 17.8 Å². The van der Waals surface area contributed by atoms with Crippen molar-refractivity contribution in [2.75, 3.05) is 14.2 Å². The SMILES string of the molecule is COC(=O)Cc1cc(OC)c2nc(C(F)(F)F)cc(Cl)c2c1. The molecular formula is C14H11ClF3NO3. The number of methoxy groups -OCH3 is 2. The van der Waals surface area contributed by atoms with Crippen molar-refractivity contribution in [3.8, 4) is 5.75 Å². The molecule has 0 bridgehead atoms. The maximum Gasteiger partial charge on any atom is 0.433 e. The number of carbonyl (C=O) groups is 1. The van der Waals surface area contributed by atoms with E-state index in [9.17, 15) is 18.0 Å². The zero-order chi connectivity index (χ0) is 16.5. The van der Waals surface area contributed by atoms with Crippen molar-refractivity contribution < 1.29 is 27.4 Å². The Hall–Kier alpha value is -2.02. The molecule has 1 aromatic heterocycles. The van der Waals surface area contributed by atoms with Crippen molar-refractivity contribution in [2.24, 2.45) is 0 Å². The first-order valence-corrected chi connectivity index (χ1v) is 6.45. The second kappa shape index (κ2) is 6.00. The van der Waals surface area contributed by atoms with Crippen LogP contribution in [-0.2, 0) is 22.1 Å². The summed E-state index contributed by atoms with van der Waals surface area (Å²) in [5.74, 6) is -0.387. The monoisotopic (exact) mass is 333 g/mol. The fourth-order valence-electron chi connectivity index (χ4n) is 1.95. The minimum Gasteiger partial charge on any atom is -0.494 e. The smallest absolute Gasteiger partial charge is 0.433 e. The molecule has 8 heteroatoms. The number of alkyl halides is 3. The molecule has 0 saturated heterocycles. The Morgan fingerprint density at radius 1 is 1.27 bits per heavy atom. The number of hydrogen-bond acceptors (Lipinski definition) is 4. The van der Waals surface area contributed by atoms with Gasteiger partial charge in [-0.05, 0) is 23.8 Å². The molecule has 118 valence electrons. The third kappa shape index (κ3) is 3.24. The van der Waals surface area contributed by atoms with Crippen molar-refractivity contribution in [2.45, 2.75) is 12.6 Å². The van der Waals surface area contributed by atoms with Gasteiger partial charge in [-0.1, -0.05) is 11.6 Å². The minimum absolute atomic E-state index is 0.0176. The summed E-state index contributed by atoms with van der Waals surface area (Å²) in [6.07, 6.45) is -4.67. The summed E-state index contributed by atoms with van der Waals surface area (Å²) in [4.78, 5) is 14.9. The van der Waals surface area contributed by atoms with Crippen LogP contribution in [0, 0.1) is 0 Å². The van der Waals surface area contributed by atoms with E-state index in [0.717, 1.165) is 6.07 Å². The van der Waals surface area contributed by atoms with Crippen LogP contribution in [0.25, 0.3) is 10.9 Å². The molecule has 0 aliphatic heterocycles. The van der Waals surface area contributed by atoms with E-state index in [1.807, 2.05) is 0 Å². The van der Waals surface area contributed by atoms with Crippen LogP contribution in [0.4, 0.5) is 13.2 Å². The van der Waals surface area contributed by atoms with Crippen molar-refractivity contribution in [3.63, 3.8) is 0 Å². The Balaban J connectivity index is 2.66. The number of rotatable bonds is 3. The Bertz CT molecular complexity index is 731. The van der Waals surface area contributed by atoms with Gasteiger partial charge in [0.05, 0.1) is 25.7 Å². The number of ether oxygens (including phenoxy) is 2. The van der Waals surface area contributed by atoms with Gasteiger partial charge < -0.3 is 9.47 Å². The fourth-order valence-corrected chi connectivity index (χ4v) is 2.20. The Morgan fingerprint density at radius 2 is 1.95 bits per heavy atom. The van der Waals surface area contributed by atoms with E-state index >= 15 is 0 Å². The Kier molecular flexibility index (Phi) is 4.46. The molecule has 0 saturated carbocycles. The number of hydrogen-bond donors (Lipinski definition) is 0. The van der Waals surface area contributed by atoms with E-state index in [2.05, 4.69) is 9.72 Å². The van der Waals surface area contributed by atoms with E-state index in [4.69, 9.17) is 16.3 Å². The zero-order valence-corrected chi connectivity index (χ0v) is 12.4. The van der Waals surface area contributed by atoms with Crippen molar-refractivity contribution in [1.82, 2.24) is 4.98 Å². The molecule has 0 spiro atoms.